The average molecular weight is 421 g/mol. The number of hydrogen-bond acceptors (Lipinski definition) is 7. The van der Waals surface area contributed by atoms with Crippen molar-refractivity contribution >= 4 is 27.3 Å². The lowest BCUT2D eigenvalue weighted by molar-refractivity contribution is 0.0917. The minimum atomic E-state index is -3.84. The number of carbonyl (C=O) groups is 1. The SMILES string of the molecule is CC(C)(C)NS(=O)(=O)c1ccc(C(=O)NCc2nc(-c3ccncc3)cs2)o1. The highest BCUT2D eigenvalue weighted by Crippen LogP contribution is 2.21. The average Bonchev–Trinajstić information content (AvgIpc) is 3.28. The van der Waals surface area contributed by atoms with Crippen molar-refractivity contribution in [2.24, 2.45) is 0 Å². The molecular formula is C18H20N4O4S2. The van der Waals surface area contributed by atoms with Gasteiger partial charge >= 0.3 is 0 Å². The monoisotopic (exact) mass is 420 g/mol. The van der Waals surface area contributed by atoms with E-state index in [2.05, 4.69) is 20.0 Å². The second-order valence-corrected chi connectivity index (χ2v) is 9.58. The van der Waals surface area contributed by atoms with Crippen LogP contribution in [0.4, 0.5) is 0 Å². The first-order chi connectivity index (χ1) is 13.1. The molecule has 0 unspecified atom stereocenters. The van der Waals surface area contributed by atoms with E-state index < -0.39 is 21.5 Å². The molecule has 3 rings (SSSR count). The molecule has 0 spiro atoms. The summed E-state index contributed by atoms with van der Waals surface area (Å²) in [6.07, 6.45) is 3.38. The Balaban J connectivity index is 1.64. The molecule has 3 aromatic rings. The highest BCUT2D eigenvalue weighted by Gasteiger charge is 2.26. The number of furan rings is 1. The molecule has 0 saturated carbocycles. The Morgan fingerprint density at radius 3 is 2.57 bits per heavy atom. The molecule has 8 nitrogen and oxygen atoms in total. The van der Waals surface area contributed by atoms with Crippen molar-refractivity contribution in [3.63, 3.8) is 0 Å². The minimum Gasteiger partial charge on any atom is -0.438 e. The molecule has 0 bridgehead atoms. The van der Waals surface area contributed by atoms with Crippen LogP contribution in [-0.4, -0.2) is 29.8 Å². The number of carbonyl (C=O) groups excluding carboxylic acids is 1. The number of nitrogens with one attached hydrogen (secondary N) is 2. The second-order valence-electron chi connectivity index (χ2n) is 7.02. The molecular weight excluding hydrogens is 400 g/mol. The summed E-state index contributed by atoms with van der Waals surface area (Å²) in [6, 6.07) is 6.30. The van der Waals surface area contributed by atoms with Gasteiger partial charge < -0.3 is 9.73 Å². The van der Waals surface area contributed by atoms with Gasteiger partial charge in [-0.15, -0.1) is 11.3 Å². The summed E-state index contributed by atoms with van der Waals surface area (Å²) < 4.78 is 32.2. The van der Waals surface area contributed by atoms with Crippen molar-refractivity contribution < 1.29 is 17.6 Å². The number of rotatable bonds is 6. The van der Waals surface area contributed by atoms with Crippen LogP contribution in [0, 0.1) is 0 Å². The number of sulfonamides is 1. The van der Waals surface area contributed by atoms with Gasteiger partial charge in [0.15, 0.2) is 5.76 Å². The Morgan fingerprint density at radius 2 is 1.89 bits per heavy atom. The van der Waals surface area contributed by atoms with Crippen LogP contribution in [0.25, 0.3) is 11.3 Å². The maximum Gasteiger partial charge on any atom is 0.287 e. The summed E-state index contributed by atoms with van der Waals surface area (Å²) in [7, 11) is -3.84. The number of aromatic nitrogens is 2. The molecule has 0 radical (unpaired) electrons. The number of hydrogen-bond donors (Lipinski definition) is 2. The van der Waals surface area contributed by atoms with E-state index in [9.17, 15) is 13.2 Å². The summed E-state index contributed by atoms with van der Waals surface area (Å²) in [5.41, 5.74) is 1.08. The Kier molecular flexibility index (Phi) is 5.64. The summed E-state index contributed by atoms with van der Waals surface area (Å²) in [6.45, 7) is 5.36. The number of amides is 1. The van der Waals surface area contributed by atoms with Crippen LogP contribution in [0.3, 0.4) is 0 Å². The van der Waals surface area contributed by atoms with Crippen molar-refractivity contribution in [1.82, 2.24) is 20.0 Å². The third-order valence-electron chi connectivity index (χ3n) is 3.44. The lowest BCUT2D eigenvalue weighted by Gasteiger charge is -2.18. The Bertz CT molecular complexity index is 1070. The molecule has 28 heavy (non-hydrogen) atoms. The second kappa shape index (κ2) is 7.82. The van der Waals surface area contributed by atoms with Gasteiger partial charge in [0.2, 0.25) is 5.09 Å². The maximum absolute atomic E-state index is 12.3. The molecule has 0 aliphatic rings. The van der Waals surface area contributed by atoms with Gasteiger partial charge in [0.25, 0.3) is 15.9 Å². The smallest absolute Gasteiger partial charge is 0.287 e. The standard InChI is InChI=1S/C18H20N4O4S2/c1-18(2,3)22-28(24,25)16-5-4-14(26-16)17(23)20-10-15-21-13(11-27-15)12-6-8-19-9-7-12/h4-9,11,22H,10H2,1-3H3,(H,20,23). The summed E-state index contributed by atoms with van der Waals surface area (Å²) in [5, 5.41) is 4.99. The normalized spacial score (nSPS) is 12.1. The summed E-state index contributed by atoms with van der Waals surface area (Å²) >= 11 is 1.41. The first kappa shape index (κ1) is 20.2. The highest BCUT2D eigenvalue weighted by atomic mass is 32.2. The molecule has 1 amide bonds. The molecule has 0 atom stereocenters. The molecule has 3 heterocycles. The van der Waals surface area contributed by atoms with Crippen molar-refractivity contribution in [1.29, 1.82) is 0 Å². The molecule has 0 aliphatic carbocycles. The zero-order valence-electron chi connectivity index (χ0n) is 15.6. The predicted octanol–water partition coefficient (Wildman–Crippen LogP) is 2.80. The van der Waals surface area contributed by atoms with Crippen LogP contribution >= 0.6 is 11.3 Å². The van der Waals surface area contributed by atoms with E-state index in [-0.39, 0.29) is 17.4 Å². The van der Waals surface area contributed by atoms with Gasteiger partial charge in [-0.25, -0.2) is 18.1 Å². The van der Waals surface area contributed by atoms with E-state index in [1.807, 2.05) is 17.5 Å². The topological polar surface area (TPSA) is 114 Å². The first-order valence-corrected chi connectivity index (χ1v) is 10.8. The molecule has 3 aromatic heterocycles. The van der Waals surface area contributed by atoms with Gasteiger partial charge in [-0.2, -0.15) is 0 Å². The van der Waals surface area contributed by atoms with Crippen molar-refractivity contribution in [3.05, 3.63) is 52.8 Å². The van der Waals surface area contributed by atoms with Crippen LogP contribution < -0.4 is 10.0 Å². The van der Waals surface area contributed by atoms with Crippen molar-refractivity contribution in [3.8, 4) is 11.3 Å². The van der Waals surface area contributed by atoms with Crippen molar-refractivity contribution in [2.45, 2.75) is 37.9 Å². The van der Waals surface area contributed by atoms with Crippen LogP contribution in [0.1, 0.15) is 36.3 Å². The Hall–Kier alpha value is -2.56. The van der Waals surface area contributed by atoms with Crippen LogP contribution in [0.2, 0.25) is 0 Å². The minimum absolute atomic E-state index is 0.0832. The number of nitrogens with zero attached hydrogens (tertiary/aromatic N) is 2. The van der Waals surface area contributed by atoms with Crippen LogP contribution in [-0.2, 0) is 16.6 Å². The molecule has 2 N–H and O–H groups in total. The lowest BCUT2D eigenvalue weighted by atomic mass is 10.1. The summed E-state index contributed by atoms with van der Waals surface area (Å²) in [4.78, 5) is 20.7. The van der Waals surface area contributed by atoms with Crippen LogP contribution in [0.5, 0.6) is 0 Å². The van der Waals surface area contributed by atoms with E-state index in [1.165, 1.54) is 23.5 Å². The molecule has 0 aromatic carbocycles. The van der Waals surface area contributed by atoms with Gasteiger partial charge in [0.05, 0.1) is 12.2 Å². The van der Waals surface area contributed by atoms with E-state index in [4.69, 9.17) is 4.42 Å². The zero-order valence-corrected chi connectivity index (χ0v) is 17.2. The van der Waals surface area contributed by atoms with Crippen molar-refractivity contribution in [2.75, 3.05) is 0 Å². The fraction of sp³-hybridized carbons (Fsp3) is 0.278. The number of pyridine rings is 1. The van der Waals surface area contributed by atoms with E-state index in [0.29, 0.717) is 5.01 Å². The van der Waals surface area contributed by atoms with E-state index >= 15 is 0 Å². The fourth-order valence-corrected chi connectivity index (χ4v) is 4.43. The Labute approximate surface area is 167 Å². The highest BCUT2D eigenvalue weighted by molar-refractivity contribution is 7.89. The predicted molar refractivity (Wildman–Crippen MR) is 105 cm³/mol. The molecule has 10 heteroatoms. The number of thiazole rings is 1. The van der Waals surface area contributed by atoms with Gasteiger partial charge in [0.1, 0.15) is 5.01 Å². The molecule has 0 fully saturated rings. The quantitative estimate of drug-likeness (QED) is 0.634. The fourth-order valence-electron chi connectivity index (χ4n) is 2.33. The maximum atomic E-state index is 12.3. The van der Waals surface area contributed by atoms with Gasteiger partial charge in [-0.3, -0.25) is 9.78 Å². The molecule has 0 aliphatic heterocycles. The van der Waals surface area contributed by atoms with Gasteiger partial charge in [-0.1, -0.05) is 0 Å². The van der Waals surface area contributed by atoms with Gasteiger partial charge in [-0.05, 0) is 45.0 Å². The largest absolute Gasteiger partial charge is 0.438 e. The molecule has 0 saturated heterocycles. The van der Waals surface area contributed by atoms with Crippen LogP contribution in [0.15, 0.2) is 51.5 Å². The van der Waals surface area contributed by atoms with Gasteiger partial charge in [0, 0.05) is 28.9 Å². The third kappa shape index (κ3) is 5.03. The van der Waals surface area contributed by atoms with E-state index in [0.717, 1.165) is 11.3 Å². The van der Waals surface area contributed by atoms with E-state index in [1.54, 1.807) is 33.2 Å². The lowest BCUT2D eigenvalue weighted by Crippen LogP contribution is -2.40. The molecule has 148 valence electrons. The Morgan fingerprint density at radius 1 is 1.18 bits per heavy atom. The zero-order chi connectivity index (χ0) is 20.4. The third-order valence-corrected chi connectivity index (χ3v) is 5.92. The first-order valence-electron chi connectivity index (χ1n) is 8.41. The summed E-state index contributed by atoms with van der Waals surface area (Å²) in [5.74, 6) is -0.599.